The first-order chi connectivity index (χ1) is 11.2. The minimum absolute atomic E-state index is 0.0904. The number of aliphatic hydroxyl groups excluding tert-OH is 1. The molecule has 3 rings (SSSR count). The van der Waals surface area contributed by atoms with Gasteiger partial charge in [-0.3, -0.25) is 9.59 Å². The lowest BCUT2D eigenvalue weighted by Crippen LogP contribution is -2.75. The fraction of sp³-hybridized carbons (Fsp3) is 0.529. The molecule has 1 heterocycles. The molecule has 24 heavy (non-hydrogen) atoms. The standard InChI is InChI=1S/C17H22ClN3O3/c1-16(2)13(22)8-17(16,19)15(24)20-10-7-14(23)21(9-10)12-6-4-3-5-11(12)18/h3-6,10,13,22H,7-9,19H2,1-2H3,(H,20,24)/t10?,13-,17-/m0/s1. The summed E-state index contributed by atoms with van der Waals surface area (Å²) in [5.41, 5.74) is 5.04. The van der Waals surface area contributed by atoms with Gasteiger partial charge in [-0.15, -0.1) is 0 Å². The summed E-state index contributed by atoms with van der Waals surface area (Å²) in [5.74, 6) is -0.413. The average molecular weight is 352 g/mol. The summed E-state index contributed by atoms with van der Waals surface area (Å²) < 4.78 is 0. The highest BCUT2D eigenvalue weighted by molar-refractivity contribution is 6.33. The number of carbonyl (C=O) groups is 2. The molecule has 2 amide bonds. The van der Waals surface area contributed by atoms with Crippen molar-refractivity contribution in [1.82, 2.24) is 5.32 Å². The van der Waals surface area contributed by atoms with E-state index >= 15 is 0 Å². The number of nitrogens with two attached hydrogens (primary N) is 1. The molecule has 6 nitrogen and oxygen atoms in total. The van der Waals surface area contributed by atoms with E-state index in [4.69, 9.17) is 17.3 Å². The maximum atomic E-state index is 12.6. The van der Waals surface area contributed by atoms with Crippen LogP contribution in [0.3, 0.4) is 0 Å². The van der Waals surface area contributed by atoms with E-state index in [9.17, 15) is 14.7 Å². The van der Waals surface area contributed by atoms with Crippen LogP contribution in [0.2, 0.25) is 5.02 Å². The van der Waals surface area contributed by atoms with Crippen molar-refractivity contribution < 1.29 is 14.7 Å². The van der Waals surface area contributed by atoms with Gasteiger partial charge in [0.05, 0.1) is 22.9 Å². The molecule has 1 aliphatic heterocycles. The van der Waals surface area contributed by atoms with E-state index in [1.807, 2.05) is 6.07 Å². The number of halogens is 1. The third-order valence-corrected chi connectivity index (χ3v) is 5.83. The maximum Gasteiger partial charge on any atom is 0.241 e. The van der Waals surface area contributed by atoms with Crippen molar-refractivity contribution in [3.8, 4) is 0 Å². The molecule has 3 atom stereocenters. The zero-order valence-electron chi connectivity index (χ0n) is 13.8. The van der Waals surface area contributed by atoms with Crippen molar-refractivity contribution in [3.05, 3.63) is 29.3 Å². The number of carbonyl (C=O) groups excluding carboxylic acids is 2. The summed E-state index contributed by atoms with van der Waals surface area (Å²) in [6, 6.07) is 6.79. The van der Waals surface area contributed by atoms with E-state index < -0.39 is 17.1 Å². The Bertz CT molecular complexity index is 693. The average Bonchev–Trinajstić information content (AvgIpc) is 2.88. The summed E-state index contributed by atoms with van der Waals surface area (Å²) in [5, 5.41) is 13.2. The number of nitrogens with zero attached hydrogens (tertiary/aromatic N) is 1. The van der Waals surface area contributed by atoms with E-state index in [1.54, 1.807) is 36.9 Å². The quantitative estimate of drug-likeness (QED) is 0.758. The van der Waals surface area contributed by atoms with Crippen molar-refractivity contribution >= 4 is 29.1 Å². The lowest BCUT2D eigenvalue weighted by atomic mass is 9.54. The van der Waals surface area contributed by atoms with Crippen molar-refractivity contribution in [2.75, 3.05) is 11.4 Å². The number of hydrogen-bond donors (Lipinski definition) is 3. The highest BCUT2D eigenvalue weighted by Gasteiger charge is 2.62. The largest absolute Gasteiger partial charge is 0.392 e. The Morgan fingerprint density at radius 1 is 1.42 bits per heavy atom. The highest BCUT2D eigenvalue weighted by atomic mass is 35.5. The second-order valence-electron chi connectivity index (χ2n) is 7.24. The summed E-state index contributed by atoms with van der Waals surface area (Å²) in [7, 11) is 0. The molecule has 1 aromatic carbocycles. The zero-order valence-corrected chi connectivity index (χ0v) is 14.5. The summed E-state index contributed by atoms with van der Waals surface area (Å²) in [4.78, 5) is 26.4. The maximum absolute atomic E-state index is 12.6. The molecule has 0 bridgehead atoms. The molecule has 1 aromatic rings. The Labute approximate surface area is 146 Å². The molecule has 2 fully saturated rings. The number of benzene rings is 1. The van der Waals surface area contributed by atoms with Crippen LogP contribution in [-0.4, -0.2) is 41.2 Å². The Balaban J connectivity index is 1.69. The fourth-order valence-corrected chi connectivity index (χ4v) is 3.63. The van der Waals surface area contributed by atoms with Gasteiger partial charge in [0.2, 0.25) is 11.8 Å². The van der Waals surface area contributed by atoms with Crippen molar-refractivity contribution in [1.29, 1.82) is 0 Å². The molecule has 0 radical (unpaired) electrons. The van der Waals surface area contributed by atoms with E-state index in [0.717, 1.165) is 0 Å². The first-order valence-corrected chi connectivity index (χ1v) is 8.37. The summed E-state index contributed by atoms with van der Waals surface area (Å²) in [6.45, 7) is 3.90. The molecule has 4 N–H and O–H groups in total. The van der Waals surface area contributed by atoms with E-state index in [1.165, 1.54) is 0 Å². The predicted octanol–water partition coefficient (Wildman–Crippen LogP) is 1.05. The number of aliphatic hydroxyl groups is 1. The third kappa shape index (κ3) is 2.49. The van der Waals surface area contributed by atoms with Crippen LogP contribution in [-0.2, 0) is 9.59 Å². The molecule has 0 spiro atoms. The molecule has 1 saturated heterocycles. The Morgan fingerprint density at radius 3 is 2.67 bits per heavy atom. The number of amides is 2. The molecule has 1 saturated carbocycles. The first-order valence-electron chi connectivity index (χ1n) is 7.99. The zero-order chi connectivity index (χ0) is 17.7. The van der Waals surface area contributed by atoms with Gasteiger partial charge in [-0.05, 0) is 12.1 Å². The smallest absolute Gasteiger partial charge is 0.241 e. The number of rotatable bonds is 3. The van der Waals surface area contributed by atoms with Crippen LogP contribution in [0, 0.1) is 5.41 Å². The molecule has 130 valence electrons. The molecular weight excluding hydrogens is 330 g/mol. The van der Waals surface area contributed by atoms with Crippen LogP contribution >= 0.6 is 11.6 Å². The number of hydrogen-bond acceptors (Lipinski definition) is 4. The number of nitrogens with one attached hydrogen (secondary N) is 1. The van der Waals surface area contributed by atoms with Crippen LogP contribution in [0.5, 0.6) is 0 Å². The molecule has 0 aromatic heterocycles. The minimum Gasteiger partial charge on any atom is -0.392 e. The fourth-order valence-electron chi connectivity index (χ4n) is 3.40. The summed E-state index contributed by atoms with van der Waals surface area (Å²) in [6.07, 6.45) is -0.172. The van der Waals surface area contributed by atoms with Gasteiger partial charge in [0.25, 0.3) is 0 Å². The second kappa shape index (κ2) is 5.72. The van der Waals surface area contributed by atoms with Gasteiger partial charge in [0, 0.05) is 24.8 Å². The number of anilines is 1. The van der Waals surface area contributed by atoms with Gasteiger partial charge >= 0.3 is 0 Å². The van der Waals surface area contributed by atoms with Crippen LogP contribution in [0.1, 0.15) is 26.7 Å². The van der Waals surface area contributed by atoms with Gasteiger partial charge in [0.15, 0.2) is 0 Å². The van der Waals surface area contributed by atoms with Gasteiger partial charge in [-0.25, -0.2) is 0 Å². The Kier molecular flexibility index (Phi) is 4.10. The Morgan fingerprint density at radius 2 is 2.08 bits per heavy atom. The highest BCUT2D eigenvalue weighted by Crippen LogP contribution is 2.48. The molecule has 1 unspecified atom stereocenters. The second-order valence-corrected chi connectivity index (χ2v) is 7.65. The van der Waals surface area contributed by atoms with E-state index in [0.29, 0.717) is 17.3 Å². The SMILES string of the molecule is CC1(C)[C@@H](O)C[C@]1(N)C(=O)NC1CC(=O)N(c2ccccc2Cl)C1. The minimum atomic E-state index is -1.12. The molecule has 7 heteroatoms. The third-order valence-electron chi connectivity index (χ3n) is 5.51. The van der Waals surface area contributed by atoms with Crippen molar-refractivity contribution in [3.63, 3.8) is 0 Å². The monoisotopic (exact) mass is 351 g/mol. The number of para-hydroxylation sites is 1. The molecular formula is C17H22ClN3O3. The van der Waals surface area contributed by atoms with Crippen molar-refractivity contribution in [2.45, 2.75) is 44.4 Å². The van der Waals surface area contributed by atoms with Gasteiger partial charge < -0.3 is 21.1 Å². The van der Waals surface area contributed by atoms with Crippen molar-refractivity contribution in [2.24, 2.45) is 11.1 Å². The van der Waals surface area contributed by atoms with Crippen LogP contribution in [0.25, 0.3) is 0 Å². The van der Waals surface area contributed by atoms with Gasteiger partial charge in [-0.1, -0.05) is 37.6 Å². The molecule has 1 aliphatic carbocycles. The molecule has 2 aliphatic rings. The van der Waals surface area contributed by atoms with Gasteiger partial charge in [0.1, 0.15) is 5.54 Å². The predicted molar refractivity (Wildman–Crippen MR) is 91.7 cm³/mol. The van der Waals surface area contributed by atoms with Crippen LogP contribution in [0.4, 0.5) is 5.69 Å². The first kappa shape index (κ1) is 17.2. The van der Waals surface area contributed by atoms with E-state index in [2.05, 4.69) is 5.32 Å². The topological polar surface area (TPSA) is 95.7 Å². The lowest BCUT2D eigenvalue weighted by Gasteiger charge is -2.56. The van der Waals surface area contributed by atoms with E-state index in [-0.39, 0.29) is 30.7 Å². The summed E-state index contributed by atoms with van der Waals surface area (Å²) >= 11 is 6.15. The lowest BCUT2D eigenvalue weighted by molar-refractivity contribution is -0.159. The van der Waals surface area contributed by atoms with Crippen LogP contribution in [0.15, 0.2) is 24.3 Å². The van der Waals surface area contributed by atoms with Crippen LogP contribution < -0.4 is 16.0 Å². The van der Waals surface area contributed by atoms with Gasteiger partial charge in [-0.2, -0.15) is 0 Å². The normalized spacial score (nSPS) is 31.7. The Hall–Kier alpha value is -1.63.